The largest absolute Gasteiger partial charge is 0.465 e. The third-order valence-corrected chi connectivity index (χ3v) is 0.736. The molecule has 0 aromatic heterocycles. The first-order valence-electron chi connectivity index (χ1n) is 2.95. The Hall–Kier alpha value is -0.860. The molecule has 0 aliphatic heterocycles. The summed E-state index contributed by atoms with van der Waals surface area (Å²) in [4.78, 5) is 10.4. The smallest absolute Gasteiger partial charge is 0.311 e. The van der Waals surface area contributed by atoms with Crippen LogP contribution in [0.25, 0.3) is 0 Å². The van der Waals surface area contributed by atoms with E-state index in [1.165, 1.54) is 0 Å². The lowest BCUT2D eigenvalue weighted by Gasteiger charge is -1.97. The fraction of sp³-hybridized carbons (Fsp3) is 0.667. The molecule has 52 valence electrons. The van der Waals surface area contributed by atoms with Crippen molar-refractivity contribution < 1.29 is 9.53 Å². The van der Waals surface area contributed by atoms with Gasteiger partial charge in [-0.2, -0.15) is 0 Å². The molecule has 0 aromatic carbocycles. The predicted molar refractivity (Wildman–Crippen MR) is 34.7 cm³/mol. The van der Waals surface area contributed by atoms with Gasteiger partial charge in [0.2, 0.25) is 0 Å². The standard InChI is InChI=1S/C6H11NO2/c1-2-5-9-6(8)3-4-7/h4,7H,2-3,5H2,1H3. The summed E-state index contributed by atoms with van der Waals surface area (Å²) in [7, 11) is 0. The highest BCUT2D eigenvalue weighted by molar-refractivity contribution is 5.84. The molecule has 0 saturated heterocycles. The first kappa shape index (κ1) is 8.14. The molecule has 0 heterocycles. The summed E-state index contributed by atoms with van der Waals surface area (Å²) in [6.45, 7) is 2.39. The van der Waals surface area contributed by atoms with E-state index >= 15 is 0 Å². The number of hydrogen-bond acceptors (Lipinski definition) is 3. The lowest BCUT2D eigenvalue weighted by atomic mass is 10.5. The Balaban J connectivity index is 3.16. The van der Waals surface area contributed by atoms with Gasteiger partial charge in [0.1, 0.15) is 0 Å². The number of rotatable bonds is 4. The summed E-state index contributed by atoms with van der Waals surface area (Å²) in [5.74, 6) is -0.313. The van der Waals surface area contributed by atoms with Gasteiger partial charge in [0.15, 0.2) is 0 Å². The summed E-state index contributed by atoms with van der Waals surface area (Å²) in [6, 6.07) is 0. The Morgan fingerprint density at radius 1 is 1.78 bits per heavy atom. The third kappa shape index (κ3) is 5.00. The van der Waals surface area contributed by atoms with Crippen LogP contribution >= 0.6 is 0 Å². The minimum atomic E-state index is -0.313. The van der Waals surface area contributed by atoms with Gasteiger partial charge in [-0.25, -0.2) is 0 Å². The van der Waals surface area contributed by atoms with Crippen molar-refractivity contribution in [2.24, 2.45) is 0 Å². The quantitative estimate of drug-likeness (QED) is 0.454. The summed E-state index contributed by atoms with van der Waals surface area (Å²) >= 11 is 0. The lowest BCUT2D eigenvalue weighted by Crippen LogP contribution is -2.04. The normalized spacial score (nSPS) is 8.56. The van der Waals surface area contributed by atoms with Gasteiger partial charge in [-0.3, -0.25) is 4.79 Å². The molecule has 1 N–H and O–H groups in total. The first-order valence-corrected chi connectivity index (χ1v) is 2.95. The fourth-order valence-electron chi connectivity index (χ4n) is 0.358. The number of carbonyl (C=O) groups excluding carboxylic acids is 1. The molecule has 0 saturated carbocycles. The van der Waals surface area contributed by atoms with E-state index in [2.05, 4.69) is 4.74 Å². The molecule has 3 nitrogen and oxygen atoms in total. The molecule has 0 unspecified atom stereocenters. The Bertz CT molecular complexity index is 101. The van der Waals surface area contributed by atoms with Gasteiger partial charge in [0.05, 0.1) is 13.0 Å². The van der Waals surface area contributed by atoms with E-state index in [-0.39, 0.29) is 12.4 Å². The van der Waals surface area contributed by atoms with E-state index < -0.39 is 0 Å². The second kappa shape index (κ2) is 5.28. The highest BCUT2D eigenvalue weighted by Crippen LogP contribution is 1.84. The zero-order valence-electron chi connectivity index (χ0n) is 5.52. The van der Waals surface area contributed by atoms with Crippen LogP contribution in [0.1, 0.15) is 19.8 Å². The summed E-state index contributed by atoms with van der Waals surface area (Å²) in [6.07, 6.45) is 1.97. The molecule has 0 atom stereocenters. The van der Waals surface area contributed by atoms with Gasteiger partial charge in [-0.15, -0.1) is 0 Å². The van der Waals surface area contributed by atoms with Crippen molar-refractivity contribution in [2.45, 2.75) is 19.8 Å². The Labute approximate surface area is 54.5 Å². The van der Waals surface area contributed by atoms with Crippen molar-refractivity contribution in [2.75, 3.05) is 6.61 Å². The molecule has 0 amide bonds. The zero-order valence-corrected chi connectivity index (χ0v) is 5.52. The van der Waals surface area contributed by atoms with Crippen LogP contribution in [-0.2, 0) is 9.53 Å². The van der Waals surface area contributed by atoms with E-state index in [4.69, 9.17) is 5.41 Å². The summed E-state index contributed by atoms with van der Waals surface area (Å²) in [5.41, 5.74) is 0. The molecule has 0 aromatic rings. The average molecular weight is 129 g/mol. The van der Waals surface area contributed by atoms with Crippen LogP contribution in [0, 0.1) is 5.41 Å². The van der Waals surface area contributed by atoms with Crippen LogP contribution in [0.15, 0.2) is 0 Å². The molecule has 3 heteroatoms. The Morgan fingerprint density at radius 2 is 2.44 bits per heavy atom. The topological polar surface area (TPSA) is 50.2 Å². The Morgan fingerprint density at radius 3 is 2.89 bits per heavy atom. The van der Waals surface area contributed by atoms with Gasteiger partial charge < -0.3 is 10.1 Å². The van der Waals surface area contributed by atoms with E-state index in [0.717, 1.165) is 12.6 Å². The van der Waals surface area contributed by atoms with E-state index in [1.807, 2.05) is 6.92 Å². The predicted octanol–water partition coefficient (Wildman–Crippen LogP) is 0.979. The molecule has 0 rings (SSSR count). The highest BCUT2D eigenvalue weighted by atomic mass is 16.5. The molecule has 0 radical (unpaired) electrons. The van der Waals surface area contributed by atoms with Crippen molar-refractivity contribution in [3.8, 4) is 0 Å². The first-order chi connectivity index (χ1) is 4.31. The third-order valence-electron chi connectivity index (χ3n) is 0.736. The number of carbonyl (C=O) groups is 1. The SMILES string of the molecule is CCCOC(=O)CC=N. The molecule has 0 fully saturated rings. The van der Waals surface area contributed by atoms with E-state index in [0.29, 0.717) is 6.61 Å². The van der Waals surface area contributed by atoms with Gasteiger partial charge in [-0.05, 0) is 6.42 Å². The van der Waals surface area contributed by atoms with Crippen molar-refractivity contribution in [1.29, 1.82) is 5.41 Å². The molecular weight excluding hydrogens is 118 g/mol. The second-order valence-electron chi connectivity index (χ2n) is 1.63. The van der Waals surface area contributed by atoms with Crippen LogP contribution in [0.2, 0.25) is 0 Å². The van der Waals surface area contributed by atoms with Crippen molar-refractivity contribution in [1.82, 2.24) is 0 Å². The number of ether oxygens (including phenoxy) is 1. The van der Waals surface area contributed by atoms with Crippen LogP contribution in [0.4, 0.5) is 0 Å². The summed E-state index contributed by atoms with van der Waals surface area (Å²) in [5, 5.41) is 6.54. The minimum Gasteiger partial charge on any atom is -0.465 e. The van der Waals surface area contributed by atoms with E-state index in [9.17, 15) is 4.79 Å². The molecule has 9 heavy (non-hydrogen) atoms. The van der Waals surface area contributed by atoms with Crippen molar-refractivity contribution in [3.05, 3.63) is 0 Å². The van der Waals surface area contributed by atoms with Crippen LogP contribution < -0.4 is 0 Å². The molecule has 0 aliphatic rings. The molecule has 0 bridgehead atoms. The highest BCUT2D eigenvalue weighted by Gasteiger charge is 1.95. The maximum atomic E-state index is 10.4. The van der Waals surface area contributed by atoms with Gasteiger partial charge in [0, 0.05) is 6.21 Å². The minimum absolute atomic E-state index is 0.0972. The van der Waals surface area contributed by atoms with Crippen molar-refractivity contribution >= 4 is 12.2 Å². The second-order valence-corrected chi connectivity index (χ2v) is 1.63. The maximum Gasteiger partial charge on any atom is 0.311 e. The van der Waals surface area contributed by atoms with Gasteiger partial charge in [-0.1, -0.05) is 6.92 Å². The number of esters is 1. The Kier molecular flexibility index (Phi) is 4.78. The average Bonchev–Trinajstić information content (AvgIpc) is 1.85. The molecule has 0 aliphatic carbocycles. The van der Waals surface area contributed by atoms with Crippen LogP contribution in [-0.4, -0.2) is 18.8 Å². The van der Waals surface area contributed by atoms with Gasteiger partial charge in [0.25, 0.3) is 0 Å². The number of hydrogen-bond donors (Lipinski definition) is 1. The fourth-order valence-corrected chi connectivity index (χ4v) is 0.358. The summed E-state index contributed by atoms with van der Waals surface area (Å²) < 4.78 is 4.64. The van der Waals surface area contributed by atoms with Crippen LogP contribution in [0.3, 0.4) is 0 Å². The maximum absolute atomic E-state index is 10.4. The monoisotopic (exact) mass is 129 g/mol. The number of nitrogens with one attached hydrogen (secondary N) is 1. The van der Waals surface area contributed by atoms with Crippen molar-refractivity contribution in [3.63, 3.8) is 0 Å². The zero-order chi connectivity index (χ0) is 7.11. The van der Waals surface area contributed by atoms with Gasteiger partial charge >= 0.3 is 5.97 Å². The molecular formula is C6H11NO2. The van der Waals surface area contributed by atoms with Crippen LogP contribution in [0.5, 0.6) is 0 Å². The lowest BCUT2D eigenvalue weighted by molar-refractivity contribution is -0.142. The van der Waals surface area contributed by atoms with E-state index in [1.54, 1.807) is 0 Å². The molecule has 0 spiro atoms.